The van der Waals surface area contributed by atoms with Crippen LogP contribution in [0.2, 0.25) is 0 Å². The Kier molecular flexibility index (Phi) is 16.9. The fourth-order valence-electron chi connectivity index (χ4n) is 6.16. The van der Waals surface area contributed by atoms with Gasteiger partial charge in [0, 0.05) is 23.6 Å². The van der Waals surface area contributed by atoms with E-state index in [1.165, 1.54) is 54.6 Å². The van der Waals surface area contributed by atoms with E-state index in [0.717, 1.165) is 42.0 Å². The Balaban J connectivity index is 0.000000416. The van der Waals surface area contributed by atoms with Crippen molar-refractivity contribution >= 4 is 38.0 Å². The molecule has 2 heteroatoms. The van der Waals surface area contributed by atoms with Gasteiger partial charge in [0.15, 0.2) is 0 Å². The first kappa shape index (κ1) is 40.8. The zero-order valence-corrected chi connectivity index (χ0v) is 32.5. The molecule has 268 valence electrons. The average Bonchev–Trinajstić information content (AvgIpc) is 3.21. The van der Waals surface area contributed by atoms with Crippen molar-refractivity contribution in [3.8, 4) is 22.3 Å². The molecule has 0 aliphatic heterocycles. The second-order valence-electron chi connectivity index (χ2n) is 11.7. The molecule has 6 aromatic carbocycles. The van der Waals surface area contributed by atoms with E-state index in [1.807, 2.05) is 52.8 Å². The summed E-state index contributed by atoms with van der Waals surface area (Å²) in [6.45, 7) is 26.8. The molecule has 0 saturated carbocycles. The molecule has 0 aliphatic carbocycles. The number of hydrogen-bond acceptors (Lipinski definition) is 2. The monoisotopic (exact) mass is 686 g/mol. The Hall–Kier alpha value is -5.60. The zero-order valence-electron chi connectivity index (χ0n) is 32.5. The first-order valence-corrected chi connectivity index (χ1v) is 18.9. The standard InChI is InChI=1S/C36H29N.C10H17N.2C2H6/c1-3-13-26(4-2)37-27-22-23-31(35(24-27)25-14-6-5-7-15-25)34-21-12-20-33-30-17-9-8-16-28(30)29-18-10-11-19-32(29)36(33)34;1-5-7-8-9(3)10(4)11-6-2;2*1-2/h3,5-24,37H,1,4H2,2H3;7-8,11H,3-6H2,1-2H3;2*1-2H3/b26-13+;8-7-;;. The number of anilines is 1. The highest BCUT2D eigenvalue weighted by Gasteiger charge is 2.16. The van der Waals surface area contributed by atoms with Crippen LogP contribution in [0.5, 0.6) is 0 Å². The van der Waals surface area contributed by atoms with Gasteiger partial charge in [-0.25, -0.2) is 0 Å². The van der Waals surface area contributed by atoms with Crippen LogP contribution in [0.4, 0.5) is 5.69 Å². The van der Waals surface area contributed by atoms with Crippen LogP contribution in [0.15, 0.2) is 176 Å². The highest BCUT2D eigenvalue weighted by atomic mass is 14.9. The van der Waals surface area contributed by atoms with Gasteiger partial charge >= 0.3 is 0 Å². The number of hydrogen-bond donors (Lipinski definition) is 2. The van der Waals surface area contributed by atoms with Crippen LogP contribution in [0.1, 0.15) is 61.3 Å². The van der Waals surface area contributed by atoms with E-state index in [1.54, 1.807) is 0 Å². The Bertz CT molecular complexity index is 2080. The maximum absolute atomic E-state index is 3.87. The third-order valence-corrected chi connectivity index (χ3v) is 8.50. The van der Waals surface area contributed by atoms with Crippen molar-refractivity contribution in [2.75, 3.05) is 11.9 Å². The van der Waals surface area contributed by atoms with Crippen molar-refractivity contribution in [1.82, 2.24) is 5.32 Å². The van der Waals surface area contributed by atoms with Crippen LogP contribution in [0.3, 0.4) is 0 Å². The van der Waals surface area contributed by atoms with Crippen LogP contribution in [0, 0.1) is 0 Å². The predicted octanol–water partition coefficient (Wildman–Crippen LogP) is 15.1. The summed E-state index contributed by atoms with van der Waals surface area (Å²) in [7, 11) is 0. The van der Waals surface area contributed by atoms with Gasteiger partial charge in [0.05, 0.1) is 0 Å². The first-order chi connectivity index (χ1) is 25.5. The van der Waals surface area contributed by atoms with Gasteiger partial charge in [-0.2, -0.15) is 0 Å². The van der Waals surface area contributed by atoms with Crippen LogP contribution in [0.25, 0.3) is 54.6 Å². The molecule has 0 amide bonds. The van der Waals surface area contributed by atoms with Gasteiger partial charge in [0.2, 0.25) is 0 Å². The highest BCUT2D eigenvalue weighted by molar-refractivity contribution is 6.28. The Morgan fingerprint density at radius 1 is 0.615 bits per heavy atom. The maximum atomic E-state index is 3.87. The SMILES string of the molecule is C=C(/C=C\CC)C(=C)NCC.C=C/C=C(\CC)Nc1ccc(-c2cccc3c4ccccc4c4ccccc4c23)c(-c2ccccc2)c1.CC.CC. The van der Waals surface area contributed by atoms with E-state index in [-0.39, 0.29) is 0 Å². The van der Waals surface area contributed by atoms with E-state index in [9.17, 15) is 0 Å². The van der Waals surface area contributed by atoms with Crippen molar-refractivity contribution in [2.24, 2.45) is 0 Å². The Morgan fingerprint density at radius 3 is 1.73 bits per heavy atom. The van der Waals surface area contributed by atoms with Crippen LogP contribution >= 0.6 is 0 Å². The molecule has 2 N–H and O–H groups in total. The lowest BCUT2D eigenvalue weighted by atomic mass is 9.87. The summed E-state index contributed by atoms with van der Waals surface area (Å²) in [5, 5.41) is 14.5. The molecule has 6 rings (SSSR count). The van der Waals surface area contributed by atoms with Gasteiger partial charge in [-0.05, 0) is 98.1 Å². The molecule has 0 radical (unpaired) electrons. The summed E-state index contributed by atoms with van der Waals surface area (Å²) in [6, 6.07) is 41.7. The van der Waals surface area contributed by atoms with Gasteiger partial charge < -0.3 is 10.6 Å². The molecule has 0 saturated heterocycles. The number of nitrogens with one attached hydrogen (secondary N) is 2. The Labute approximate surface area is 314 Å². The zero-order chi connectivity index (χ0) is 37.9. The molecule has 0 fully saturated rings. The van der Waals surface area contributed by atoms with E-state index in [0.29, 0.717) is 0 Å². The topological polar surface area (TPSA) is 24.1 Å². The molecule has 52 heavy (non-hydrogen) atoms. The minimum atomic E-state index is 0.901. The van der Waals surface area contributed by atoms with Crippen molar-refractivity contribution in [3.05, 3.63) is 176 Å². The van der Waals surface area contributed by atoms with E-state index in [4.69, 9.17) is 0 Å². The molecular weight excluding hydrogens is 629 g/mol. The highest BCUT2D eigenvalue weighted by Crippen LogP contribution is 2.43. The van der Waals surface area contributed by atoms with E-state index >= 15 is 0 Å². The number of rotatable bonds is 11. The second kappa shape index (κ2) is 21.6. The minimum absolute atomic E-state index is 0.901. The van der Waals surface area contributed by atoms with Gasteiger partial charge in [-0.15, -0.1) is 0 Å². The summed E-state index contributed by atoms with van der Waals surface area (Å²) >= 11 is 0. The van der Waals surface area contributed by atoms with Crippen LogP contribution in [-0.4, -0.2) is 6.54 Å². The normalized spacial score (nSPS) is 10.7. The average molecular weight is 687 g/mol. The molecular formula is C50H58N2. The summed E-state index contributed by atoms with van der Waals surface area (Å²) in [4.78, 5) is 0. The van der Waals surface area contributed by atoms with Gasteiger partial charge in [-0.1, -0.05) is 183 Å². The molecule has 6 aromatic rings. The fraction of sp³-hybridized carbons (Fsp3) is 0.200. The third-order valence-electron chi connectivity index (χ3n) is 8.50. The van der Waals surface area contributed by atoms with Crippen molar-refractivity contribution in [3.63, 3.8) is 0 Å². The van der Waals surface area contributed by atoms with E-state index in [2.05, 4.69) is 166 Å². The molecule has 0 aromatic heterocycles. The van der Waals surface area contributed by atoms with Gasteiger partial charge in [0.25, 0.3) is 0 Å². The molecule has 0 aliphatic rings. The van der Waals surface area contributed by atoms with Crippen molar-refractivity contribution in [2.45, 2.75) is 61.3 Å². The number of likely N-dealkylation sites (N-methyl/N-ethyl adjacent to an activating group) is 1. The van der Waals surface area contributed by atoms with Crippen LogP contribution in [-0.2, 0) is 0 Å². The summed E-state index contributed by atoms with van der Waals surface area (Å²) in [5.74, 6) is 0. The lowest BCUT2D eigenvalue weighted by molar-refractivity contribution is 0.873. The lowest BCUT2D eigenvalue weighted by Gasteiger charge is -2.18. The minimum Gasteiger partial charge on any atom is -0.385 e. The van der Waals surface area contributed by atoms with Crippen molar-refractivity contribution in [1.29, 1.82) is 0 Å². The smallest absolute Gasteiger partial charge is 0.0388 e. The van der Waals surface area contributed by atoms with Crippen LogP contribution < -0.4 is 10.6 Å². The maximum Gasteiger partial charge on any atom is 0.0388 e. The predicted molar refractivity (Wildman–Crippen MR) is 236 cm³/mol. The first-order valence-electron chi connectivity index (χ1n) is 18.9. The molecule has 0 unspecified atom stereocenters. The summed E-state index contributed by atoms with van der Waals surface area (Å²) in [5.41, 5.74) is 9.00. The van der Waals surface area contributed by atoms with Gasteiger partial charge in [0.1, 0.15) is 0 Å². The fourth-order valence-corrected chi connectivity index (χ4v) is 6.16. The second-order valence-corrected chi connectivity index (χ2v) is 11.7. The summed E-state index contributed by atoms with van der Waals surface area (Å²) < 4.78 is 0. The molecule has 2 nitrogen and oxygen atoms in total. The Morgan fingerprint density at radius 2 is 1.17 bits per heavy atom. The number of allylic oxidation sites excluding steroid dienone is 5. The number of benzene rings is 6. The van der Waals surface area contributed by atoms with Crippen molar-refractivity contribution < 1.29 is 0 Å². The lowest BCUT2D eigenvalue weighted by Crippen LogP contribution is -2.11. The third kappa shape index (κ3) is 10.0. The van der Waals surface area contributed by atoms with E-state index < -0.39 is 0 Å². The molecule has 0 atom stereocenters. The largest absolute Gasteiger partial charge is 0.385 e. The molecule has 0 heterocycles. The molecule has 0 bridgehead atoms. The molecule has 0 spiro atoms. The quantitative estimate of drug-likeness (QED) is 0.105. The number of fused-ring (bicyclic) bond motifs is 6. The summed E-state index contributed by atoms with van der Waals surface area (Å²) in [6.07, 6.45) is 9.90. The van der Waals surface area contributed by atoms with Gasteiger partial charge in [-0.3, -0.25) is 0 Å².